The number of esters is 1. The van der Waals surface area contributed by atoms with Gasteiger partial charge in [-0.05, 0) is 19.3 Å². The van der Waals surface area contributed by atoms with E-state index in [4.69, 9.17) is 14.2 Å². The second kappa shape index (κ2) is 5.74. The highest BCUT2D eigenvalue weighted by atomic mass is 16.7. The summed E-state index contributed by atoms with van der Waals surface area (Å²) in [4.78, 5) is 11.9. The Labute approximate surface area is 109 Å². The fraction of sp³-hybridized carbons (Fsp3) is 0.786. The minimum Gasteiger partial charge on any atom is -0.467 e. The zero-order valence-electron chi connectivity index (χ0n) is 12.2. The minimum absolute atomic E-state index is 0.121. The number of ether oxygens (including phenoxy) is 3. The summed E-state index contributed by atoms with van der Waals surface area (Å²) in [5, 5.41) is 0. The standard InChI is InChI=1S/C14H24O4/c1-9(2)7-11-8-14(4,17-6)18-10(3)12(11)13(15)16-5/h9,11H,7-8H2,1-6H3/t11-,14+/m0/s1. The normalized spacial score (nSPS) is 28.3. The fourth-order valence-electron chi connectivity index (χ4n) is 2.57. The largest absolute Gasteiger partial charge is 0.467 e. The lowest BCUT2D eigenvalue weighted by atomic mass is 9.82. The van der Waals surface area contributed by atoms with Gasteiger partial charge in [-0.3, -0.25) is 0 Å². The third-order valence-electron chi connectivity index (χ3n) is 3.37. The first-order valence-electron chi connectivity index (χ1n) is 6.36. The van der Waals surface area contributed by atoms with Gasteiger partial charge in [0.1, 0.15) is 5.76 Å². The van der Waals surface area contributed by atoms with E-state index in [2.05, 4.69) is 13.8 Å². The summed E-state index contributed by atoms with van der Waals surface area (Å²) in [6, 6.07) is 0. The van der Waals surface area contributed by atoms with Crippen molar-refractivity contribution in [2.75, 3.05) is 14.2 Å². The highest BCUT2D eigenvalue weighted by Crippen LogP contribution is 2.39. The van der Waals surface area contributed by atoms with Gasteiger partial charge in [-0.15, -0.1) is 0 Å². The van der Waals surface area contributed by atoms with E-state index in [1.165, 1.54) is 7.11 Å². The summed E-state index contributed by atoms with van der Waals surface area (Å²) in [5.74, 6) is 0.290. The third-order valence-corrected chi connectivity index (χ3v) is 3.37. The molecule has 1 aliphatic heterocycles. The Kier molecular flexibility index (Phi) is 4.79. The van der Waals surface area contributed by atoms with Crippen LogP contribution in [0.2, 0.25) is 0 Å². The van der Waals surface area contributed by atoms with Crippen molar-refractivity contribution in [1.82, 2.24) is 0 Å². The summed E-state index contributed by atoms with van der Waals surface area (Å²) >= 11 is 0. The van der Waals surface area contributed by atoms with E-state index in [1.54, 1.807) is 14.0 Å². The van der Waals surface area contributed by atoms with Crippen molar-refractivity contribution in [1.29, 1.82) is 0 Å². The highest BCUT2D eigenvalue weighted by Gasteiger charge is 2.40. The molecule has 0 fully saturated rings. The van der Waals surface area contributed by atoms with Crippen LogP contribution in [0, 0.1) is 11.8 Å². The Bertz CT molecular complexity index is 346. The highest BCUT2D eigenvalue weighted by molar-refractivity contribution is 5.89. The topological polar surface area (TPSA) is 44.8 Å². The predicted molar refractivity (Wildman–Crippen MR) is 68.8 cm³/mol. The van der Waals surface area contributed by atoms with Crippen LogP contribution >= 0.6 is 0 Å². The molecule has 104 valence electrons. The Hall–Kier alpha value is -1.03. The van der Waals surface area contributed by atoms with Crippen LogP contribution in [0.1, 0.15) is 40.5 Å². The molecular weight excluding hydrogens is 232 g/mol. The maximum atomic E-state index is 11.9. The molecule has 0 unspecified atom stereocenters. The number of methoxy groups -OCH3 is 2. The van der Waals surface area contributed by atoms with Gasteiger partial charge < -0.3 is 14.2 Å². The monoisotopic (exact) mass is 256 g/mol. The van der Waals surface area contributed by atoms with Crippen molar-refractivity contribution in [3.05, 3.63) is 11.3 Å². The Morgan fingerprint density at radius 2 is 2.11 bits per heavy atom. The van der Waals surface area contributed by atoms with Gasteiger partial charge in [0.05, 0.1) is 12.7 Å². The molecule has 0 saturated heterocycles. The van der Waals surface area contributed by atoms with Gasteiger partial charge in [0.2, 0.25) is 5.79 Å². The third kappa shape index (κ3) is 3.25. The van der Waals surface area contributed by atoms with Gasteiger partial charge in [-0.25, -0.2) is 4.79 Å². The lowest BCUT2D eigenvalue weighted by Crippen LogP contribution is -2.39. The zero-order valence-corrected chi connectivity index (χ0v) is 12.2. The Morgan fingerprint density at radius 3 is 2.56 bits per heavy atom. The number of rotatable bonds is 4. The van der Waals surface area contributed by atoms with Gasteiger partial charge in [0.15, 0.2) is 0 Å². The average Bonchev–Trinajstić information content (AvgIpc) is 2.27. The van der Waals surface area contributed by atoms with Crippen LogP contribution in [0.3, 0.4) is 0 Å². The molecule has 0 radical (unpaired) electrons. The van der Waals surface area contributed by atoms with E-state index in [0.717, 1.165) is 6.42 Å². The number of carbonyl (C=O) groups excluding carboxylic acids is 1. The van der Waals surface area contributed by atoms with E-state index in [0.29, 0.717) is 23.7 Å². The summed E-state index contributed by atoms with van der Waals surface area (Å²) in [7, 11) is 3.03. The van der Waals surface area contributed by atoms with Gasteiger partial charge in [-0.2, -0.15) is 0 Å². The van der Waals surface area contributed by atoms with E-state index >= 15 is 0 Å². The number of hydrogen-bond donors (Lipinski definition) is 0. The van der Waals surface area contributed by atoms with Crippen LogP contribution in [0.5, 0.6) is 0 Å². The minimum atomic E-state index is -0.652. The molecule has 0 N–H and O–H groups in total. The molecule has 1 aliphatic rings. The first-order chi connectivity index (χ1) is 8.33. The molecule has 0 spiro atoms. The first kappa shape index (κ1) is 15.0. The molecule has 18 heavy (non-hydrogen) atoms. The molecule has 4 nitrogen and oxygen atoms in total. The Morgan fingerprint density at radius 1 is 1.50 bits per heavy atom. The summed E-state index contributed by atoms with van der Waals surface area (Å²) in [6.45, 7) is 7.99. The lowest BCUT2D eigenvalue weighted by molar-refractivity contribution is -0.206. The SMILES string of the molecule is COC(=O)C1=C(C)O[C@@](C)(OC)C[C@@H]1CC(C)C. The molecule has 0 saturated carbocycles. The maximum absolute atomic E-state index is 11.9. The van der Waals surface area contributed by atoms with E-state index < -0.39 is 5.79 Å². The molecule has 0 aliphatic carbocycles. The van der Waals surface area contributed by atoms with Crippen LogP contribution in [0.15, 0.2) is 11.3 Å². The number of carbonyl (C=O) groups is 1. The smallest absolute Gasteiger partial charge is 0.337 e. The molecule has 0 aromatic carbocycles. The van der Waals surface area contributed by atoms with Gasteiger partial charge in [0, 0.05) is 26.4 Å². The molecular formula is C14H24O4. The van der Waals surface area contributed by atoms with Crippen LogP contribution < -0.4 is 0 Å². The van der Waals surface area contributed by atoms with Crippen molar-refractivity contribution < 1.29 is 19.0 Å². The maximum Gasteiger partial charge on any atom is 0.337 e. The summed E-state index contributed by atoms with van der Waals surface area (Å²) in [5.41, 5.74) is 0.653. The molecule has 0 aromatic rings. The fourth-order valence-corrected chi connectivity index (χ4v) is 2.57. The van der Waals surface area contributed by atoms with Crippen molar-refractivity contribution in [2.24, 2.45) is 11.8 Å². The van der Waals surface area contributed by atoms with E-state index in [1.807, 2.05) is 6.92 Å². The van der Waals surface area contributed by atoms with Gasteiger partial charge in [0.25, 0.3) is 0 Å². The van der Waals surface area contributed by atoms with Gasteiger partial charge >= 0.3 is 5.97 Å². The first-order valence-corrected chi connectivity index (χ1v) is 6.36. The Balaban J connectivity index is 3.07. The second-order valence-corrected chi connectivity index (χ2v) is 5.43. The number of hydrogen-bond acceptors (Lipinski definition) is 4. The molecule has 1 heterocycles. The second-order valence-electron chi connectivity index (χ2n) is 5.43. The molecule has 4 heteroatoms. The van der Waals surface area contributed by atoms with E-state index in [9.17, 15) is 4.79 Å². The summed E-state index contributed by atoms with van der Waals surface area (Å²) in [6.07, 6.45) is 1.59. The van der Waals surface area contributed by atoms with Crippen molar-refractivity contribution in [3.63, 3.8) is 0 Å². The van der Waals surface area contributed by atoms with Crippen LogP contribution in [-0.2, 0) is 19.0 Å². The van der Waals surface area contributed by atoms with Crippen LogP contribution in [-0.4, -0.2) is 26.0 Å². The van der Waals surface area contributed by atoms with Crippen LogP contribution in [0.25, 0.3) is 0 Å². The predicted octanol–water partition coefficient (Wildman–Crippen LogP) is 2.88. The van der Waals surface area contributed by atoms with Crippen molar-refractivity contribution in [2.45, 2.75) is 46.3 Å². The molecule has 0 amide bonds. The summed E-state index contributed by atoms with van der Waals surface area (Å²) < 4.78 is 16.0. The van der Waals surface area contributed by atoms with Crippen molar-refractivity contribution >= 4 is 5.97 Å². The van der Waals surface area contributed by atoms with Gasteiger partial charge in [-0.1, -0.05) is 13.8 Å². The molecule has 0 bridgehead atoms. The van der Waals surface area contributed by atoms with Crippen LogP contribution in [0.4, 0.5) is 0 Å². The quantitative estimate of drug-likeness (QED) is 0.725. The molecule has 0 aromatic heterocycles. The molecule has 2 atom stereocenters. The average molecular weight is 256 g/mol. The molecule has 1 rings (SSSR count). The van der Waals surface area contributed by atoms with E-state index in [-0.39, 0.29) is 11.9 Å². The lowest BCUT2D eigenvalue weighted by Gasteiger charge is -2.39. The number of allylic oxidation sites excluding steroid dienone is 1. The van der Waals surface area contributed by atoms with Crippen molar-refractivity contribution in [3.8, 4) is 0 Å². The zero-order chi connectivity index (χ0) is 13.9.